The highest BCUT2D eigenvalue weighted by Gasteiger charge is 2.27. The maximum Gasteiger partial charge on any atom is 0.224 e. The van der Waals surface area contributed by atoms with Crippen LogP contribution in [0.1, 0.15) is 30.9 Å². The van der Waals surface area contributed by atoms with Crippen LogP contribution in [0.5, 0.6) is 5.75 Å². The third kappa shape index (κ3) is 5.21. The number of rotatable bonds is 7. The van der Waals surface area contributed by atoms with Crippen LogP contribution < -0.4 is 20.7 Å². The fourth-order valence-corrected chi connectivity index (χ4v) is 3.78. The quantitative estimate of drug-likeness (QED) is 0.636. The van der Waals surface area contributed by atoms with Crippen LogP contribution in [0.2, 0.25) is 0 Å². The summed E-state index contributed by atoms with van der Waals surface area (Å²) in [6, 6.07) is 6.42. The number of aryl methyl sites for hydroxylation is 2. The van der Waals surface area contributed by atoms with E-state index >= 15 is 0 Å². The standard InChI is InChI=1S/C20H29N3O3/c1-14(24)22-7-8-23-20(25)18-9-15(11-21-12-18)13-26-19-6-5-16-3-2-4-17(16)10-19/h5-6,10,15,18,21H,2-4,7-9,11-13H2,1H3,(H,22,24)(H,23,25)/t15-,18+/m0/s1. The van der Waals surface area contributed by atoms with Crippen LogP contribution in [0.3, 0.4) is 0 Å². The summed E-state index contributed by atoms with van der Waals surface area (Å²) in [5.74, 6) is 1.18. The molecule has 1 aromatic carbocycles. The van der Waals surface area contributed by atoms with Crippen molar-refractivity contribution in [2.75, 3.05) is 32.8 Å². The number of benzene rings is 1. The summed E-state index contributed by atoms with van der Waals surface area (Å²) < 4.78 is 6.00. The van der Waals surface area contributed by atoms with E-state index in [1.54, 1.807) is 0 Å². The average Bonchev–Trinajstić information content (AvgIpc) is 3.11. The Kier molecular flexibility index (Phi) is 6.50. The van der Waals surface area contributed by atoms with Crippen LogP contribution in [0.15, 0.2) is 18.2 Å². The first-order chi connectivity index (χ1) is 12.6. The molecule has 3 N–H and O–H groups in total. The molecule has 26 heavy (non-hydrogen) atoms. The summed E-state index contributed by atoms with van der Waals surface area (Å²) in [5, 5.41) is 8.92. The van der Waals surface area contributed by atoms with Crippen LogP contribution in [0, 0.1) is 11.8 Å². The Morgan fingerprint density at radius 1 is 1.15 bits per heavy atom. The molecule has 3 rings (SSSR count). The highest BCUT2D eigenvalue weighted by Crippen LogP contribution is 2.27. The van der Waals surface area contributed by atoms with Gasteiger partial charge in [0.25, 0.3) is 0 Å². The molecular formula is C20H29N3O3. The summed E-state index contributed by atoms with van der Waals surface area (Å²) in [6.45, 7) is 4.60. The topological polar surface area (TPSA) is 79.5 Å². The molecule has 1 aromatic rings. The van der Waals surface area contributed by atoms with Gasteiger partial charge in [0.2, 0.25) is 11.8 Å². The Balaban J connectivity index is 1.41. The van der Waals surface area contributed by atoms with E-state index in [1.807, 2.05) is 0 Å². The zero-order valence-electron chi connectivity index (χ0n) is 15.5. The van der Waals surface area contributed by atoms with E-state index in [9.17, 15) is 9.59 Å². The van der Waals surface area contributed by atoms with Crippen LogP contribution >= 0.6 is 0 Å². The minimum absolute atomic E-state index is 0.0464. The van der Waals surface area contributed by atoms with Gasteiger partial charge in [0.1, 0.15) is 5.75 Å². The fourth-order valence-electron chi connectivity index (χ4n) is 3.78. The highest BCUT2D eigenvalue weighted by molar-refractivity contribution is 5.79. The molecule has 1 heterocycles. The third-order valence-corrected chi connectivity index (χ3v) is 5.17. The molecule has 6 nitrogen and oxygen atoms in total. The van der Waals surface area contributed by atoms with E-state index in [2.05, 4.69) is 34.1 Å². The van der Waals surface area contributed by atoms with Crippen molar-refractivity contribution >= 4 is 11.8 Å². The van der Waals surface area contributed by atoms with Gasteiger partial charge in [0.15, 0.2) is 0 Å². The summed E-state index contributed by atoms with van der Waals surface area (Å²) >= 11 is 0. The molecule has 0 aromatic heterocycles. The lowest BCUT2D eigenvalue weighted by Crippen LogP contribution is -2.46. The van der Waals surface area contributed by atoms with E-state index in [-0.39, 0.29) is 17.7 Å². The first-order valence-corrected chi connectivity index (χ1v) is 9.59. The van der Waals surface area contributed by atoms with Crippen LogP contribution in [-0.2, 0) is 22.4 Å². The van der Waals surface area contributed by atoms with Gasteiger partial charge in [-0.25, -0.2) is 0 Å². The lowest BCUT2D eigenvalue weighted by molar-refractivity contribution is -0.126. The third-order valence-electron chi connectivity index (χ3n) is 5.17. The predicted octanol–water partition coefficient (Wildman–Crippen LogP) is 1.03. The molecule has 0 saturated carbocycles. The second-order valence-electron chi connectivity index (χ2n) is 7.33. The van der Waals surface area contributed by atoms with Crippen molar-refractivity contribution in [3.05, 3.63) is 29.3 Å². The van der Waals surface area contributed by atoms with E-state index in [0.29, 0.717) is 32.2 Å². The zero-order valence-corrected chi connectivity index (χ0v) is 15.5. The van der Waals surface area contributed by atoms with Gasteiger partial charge in [-0.1, -0.05) is 6.07 Å². The normalized spacial score (nSPS) is 21.7. The van der Waals surface area contributed by atoms with Gasteiger partial charge in [-0.2, -0.15) is 0 Å². The molecule has 0 radical (unpaired) electrons. The zero-order chi connectivity index (χ0) is 18.4. The average molecular weight is 359 g/mol. The fraction of sp³-hybridized carbons (Fsp3) is 0.600. The second-order valence-corrected chi connectivity index (χ2v) is 7.33. The summed E-state index contributed by atoms with van der Waals surface area (Å²) in [6.07, 6.45) is 4.40. The SMILES string of the molecule is CC(=O)NCCNC(=O)[C@H]1CNC[C@@H](COc2ccc3c(c2)CCC3)C1. The number of hydrogen-bond acceptors (Lipinski definition) is 4. The number of ether oxygens (including phenoxy) is 1. The lowest BCUT2D eigenvalue weighted by Gasteiger charge is -2.29. The molecule has 0 unspecified atom stereocenters. The highest BCUT2D eigenvalue weighted by atomic mass is 16.5. The predicted molar refractivity (Wildman–Crippen MR) is 100 cm³/mol. The molecule has 2 atom stereocenters. The summed E-state index contributed by atoms with van der Waals surface area (Å²) in [4.78, 5) is 23.1. The molecule has 6 heteroatoms. The van der Waals surface area contributed by atoms with Gasteiger partial charge in [-0.15, -0.1) is 0 Å². The lowest BCUT2D eigenvalue weighted by atomic mass is 9.90. The molecule has 1 fully saturated rings. The van der Waals surface area contributed by atoms with Crippen molar-refractivity contribution in [3.8, 4) is 5.75 Å². The molecule has 142 valence electrons. The van der Waals surface area contributed by atoms with Gasteiger partial charge in [-0.05, 0) is 48.9 Å². The van der Waals surface area contributed by atoms with Crippen molar-refractivity contribution in [2.45, 2.75) is 32.6 Å². The van der Waals surface area contributed by atoms with E-state index in [1.165, 1.54) is 30.9 Å². The Labute approximate surface area is 155 Å². The molecule has 2 amide bonds. The van der Waals surface area contributed by atoms with Crippen molar-refractivity contribution in [2.24, 2.45) is 11.8 Å². The van der Waals surface area contributed by atoms with Crippen molar-refractivity contribution in [1.29, 1.82) is 0 Å². The Morgan fingerprint density at radius 2 is 1.96 bits per heavy atom. The van der Waals surface area contributed by atoms with E-state index < -0.39 is 0 Å². The van der Waals surface area contributed by atoms with Gasteiger partial charge in [-0.3, -0.25) is 9.59 Å². The minimum Gasteiger partial charge on any atom is -0.493 e. The van der Waals surface area contributed by atoms with Crippen molar-refractivity contribution in [1.82, 2.24) is 16.0 Å². The number of fused-ring (bicyclic) bond motifs is 1. The van der Waals surface area contributed by atoms with Gasteiger partial charge >= 0.3 is 0 Å². The van der Waals surface area contributed by atoms with E-state index in [4.69, 9.17) is 4.74 Å². The Bertz CT molecular complexity index is 647. The Morgan fingerprint density at radius 3 is 2.81 bits per heavy atom. The first-order valence-electron chi connectivity index (χ1n) is 9.59. The molecule has 0 spiro atoms. The number of hydrogen-bond donors (Lipinski definition) is 3. The largest absolute Gasteiger partial charge is 0.493 e. The number of piperidine rings is 1. The maximum atomic E-state index is 12.3. The number of amides is 2. The van der Waals surface area contributed by atoms with Gasteiger partial charge in [0.05, 0.1) is 12.5 Å². The first kappa shape index (κ1) is 18.7. The second kappa shape index (κ2) is 9.03. The number of nitrogens with one attached hydrogen (secondary N) is 3. The monoisotopic (exact) mass is 359 g/mol. The van der Waals surface area contributed by atoms with Crippen LogP contribution in [-0.4, -0.2) is 44.6 Å². The summed E-state index contributed by atoms with van der Waals surface area (Å²) in [5.41, 5.74) is 2.87. The van der Waals surface area contributed by atoms with Crippen LogP contribution in [0.4, 0.5) is 0 Å². The van der Waals surface area contributed by atoms with Crippen molar-refractivity contribution in [3.63, 3.8) is 0 Å². The molecule has 1 aliphatic carbocycles. The number of carbonyl (C=O) groups is 2. The molecule has 1 saturated heterocycles. The van der Waals surface area contributed by atoms with E-state index in [0.717, 1.165) is 25.1 Å². The molecular weight excluding hydrogens is 330 g/mol. The Hall–Kier alpha value is -2.08. The summed E-state index contributed by atoms with van der Waals surface area (Å²) in [7, 11) is 0. The molecule has 0 bridgehead atoms. The number of carbonyl (C=O) groups excluding carboxylic acids is 2. The molecule has 2 aliphatic rings. The van der Waals surface area contributed by atoms with Gasteiger partial charge < -0.3 is 20.7 Å². The molecule has 1 aliphatic heterocycles. The van der Waals surface area contributed by atoms with Gasteiger partial charge in [0, 0.05) is 39.0 Å². The van der Waals surface area contributed by atoms with Crippen molar-refractivity contribution < 1.29 is 14.3 Å². The van der Waals surface area contributed by atoms with Crippen LogP contribution in [0.25, 0.3) is 0 Å². The smallest absolute Gasteiger partial charge is 0.224 e. The minimum atomic E-state index is -0.0812. The maximum absolute atomic E-state index is 12.3.